The fraction of sp³-hybridized carbons (Fsp3) is 0.444. The largest absolute Gasteiger partial charge is 0.315 e. The van der Waals surface area contributed by atoms with Gasteiger partial charge in [0.2, 0.25) is 0 Å². The van der Waals surface area contributed by atoms with Crippen LogP contribution in [0.15, 0.2) is 36.4 Å². The van der Waals surface area contributed by atoms with Crippen molar-refractivity contribution in [3.05, 3.63) is 57.3 Å². The first kappa shape index (κ1) is 14.8. The summed E-state index contributed by atoms with van der Waals surface area (Å²) < 4.78 is 0. The molecular formula is C18H24N2S. The van der Waals surface area contributed by atoms with Crippen molar-refractivity contribution in [1.82, 2.24) is 10.2 Å². The van der Waals surface area contributed by atoms with E-state index in [1.54, 1.807) is 0 Å². The van der Waals surface area contributed by atoms with Gasteiger partial charge in [0.1, 0.15) is 0 Å². The molecule has 2 heterocycles. The summed E-state index contributed by atoms with van der Waals surface area (Å²) in [6.07, 6.45) is 1.29. The highest BCUT2D eigenvalue weighted by atomic mass is 32.1. The number of likely N-dealkylation sites (tertiary alicyclic amines) is 1. The first-order valence-corrected chi connectivity index (χ1v) is 8.58. The molecule has 0 spiro atoms. The molecule has 0 saturated carbocycles. The summed E-state index contributed by atoms with van der Waals surface area (Å²) in [4.78, 5) is 5.53. The molecule has 0 radical (unpaired) electrons. The normalized spacial score (nSPS) is 19.2. The first-order chi connectivity index (χ1) is 10.3. The number of aryl methyl sites for hydroxylation is 1. The molecule has 0 amide bonds. The molecule has 1 saturated heterocycles. The molecule has 112 valence electrons. The van der Waals surface area contributed by atoms with E-state index in [0.717, 1.165) is 13.1 Å². The highest BCUT2D eigenvalue weighted by molar-refractivity contribution is 7.12. The monoisotopic (exact) mass is 300 g/mol. The van der Waals surface area contributed by atoms with Crippen LogP contribution in [0, 0.1) is 6.92 Å². The summed E-state index contributed by atoms with van der Waals surface area (Å²) >= 11 is 1.93. The topological polar surface area (TPSA) is 15.3 Å². The maximum atomic E-state index is 3.24. The lowest BCUT2D eigenvalue weighted by Crippen LogP contribution is -2.19. The molecule has 1 N–H and O–H groups in total. The van der Waals surface area contributed by atoms with Crippen LogP contribution in [0.25, 0.3) is 0 Å². The van der Waals surface area contributed by atoms with Gasteiger partial charge in [-0.25, -0.2) is 0 Å². The van der Waals surface area contributed by atoms with Gasteiger partial charge in [-0.15, -0.1) is 11.3 Å². The maximum Gasteiger partial charge on any atom is 0.0296 e. The molecule has 3 rings (SSSR count). The van der Waals surface area contributed by atoms with E-state index in [2.05, 4.69) is 53.5 Å². The zero-order valence-corrected chi connectivity index (χ0v) is 13.7. The molecule has 1 aromatic carbocycles. The second kappa shape index (κ2) is 6.73. The van der Waals surface area contributed by atoms with Gasteiger partial charge in [0.15, 0.2) is 0 Å². The average Bonchev–Trinajstić information content (AvgIpc) is 3.09. The van der Waals surface area contributed by atoms with E-state index < -0.39 is 0 Å². The van der Waals surface area contributed by atoms with Crippen LogP contribution in [0.4, 0.5) is 0 Å². The summed E-state index contributed by atoms with van der Waals surface area (Å²) in [5, 5.41) is 3.24. The Morgan fingerprint density at radius 2 is 2.10 bits per heavy atom. The van der Waals surface area contributed by atoms with Crippen molar-refractivity contribution < 1.29 is 0 Å². The molecule has 2 aromatic rings. The molecule has 0 aliphatic carbocycles. The molecule has 1 unspecified atom stereocenters. The zero-order valence-electron chi connectivity index (χ0n) is 12.9. The van der Waals surface area contributed by atoms with Crippen molar-refractivity contribution >= 4 is 11.3 Å². The molecule has 1 aliphatic rings. The van der Waals surface area contributed by atoms with Crippen LogP contribution >= 0.6 is 11.3 Å². The van der Waals surface area contributed by atoms with Crippen molar-refractivity contribution in [2.24, 2.45) is 0 Å². The number of thiophene rings is 1. The van der Waals surface area contributed by atoms with Crippen LogP contribution in [0.2, 0.25) is 0 Å². The zero-order chi connectivity index (χ0) is 14.7. The second-order valence-corrected chi connectivity index (χ2v) is 7.30. The lowest BCUT2D eigenvalue weighted by atomic mass is 9.99. The number of rotatable bonds is 5. The molecule has 0 bridgehead atoms. The third-order valence-corrected chi connectivity index (χ3v) is 5.45. The number of nitrogens with one attached hydrogen (secondary N) is 1. The van der Waals surface area contributed by atoms with Gasteiger partial charge < -0.3 is 5.32 Å². The minimum Gasteiger partial charge on any atom is -0.315 e. The Labute approximate surface area is 131 Å². The second-order valence-electron chi connectivity index (χ2n) is 5.96. The van der Waals surface area contributed by atoms with Gasteiger partial charge in [0, 0.05) is 29.4 Å². The summed E-state index contributed by atoms with van der Waals surface area (Å²) in [5.41, 5.74) is 3.01. The Hall–Kier alpha value is -1.16. The lowest BCUT2D eigenvalue weighted by molar-refractivity contribution is 0.326. The third-order valence-electron chi connectivity index (χ3n) is 4.36. The quantitative estimate of drug-likeness (QED) is 0.904. The lowest BCUT2D eigenvalue weighted by Gasteiger charge is -2.16. The Kier molecular flexibility index (Phi) is 4.73. The van der Waals surface area contributed by atoms with Crippen LogP contribution in [-0.2, 0) is 13.1 Å². The molecule has 3 heteroatoms. The van der Waals surface area contributed by atoms with Crippen molar-refractivity contribution in [3.8, 4) is 0 Å². The van der Waals surface area contributed by atoms with E-state index in [0.29, 0.717) is 5.92 Å². The fourth-order valence-corrected chi connectivity index (χ4v) is 4.29. The first-order valence-electron chi connectivity index (χ1n) is 7.76. The van der Waals surface area contributed by atoms with Gasteiger partial charge in [0.25, 0.3) is 0 Å². The summed E-state index contributed by atoms with van der Waals surface area (Å²) in [7, 11) is 2.01. The summed E-state index contributed by atoms with van der Waals surface area (Å²) in [6, 6.07) is 13.3. The average molecular weight is 300 g/mol. The van der Waals surface area contributed by atoms with Gasteiger partial charge in [-0.3, -0.25) is 4.90 Å². The Morgan fingerprint density at radius 1 is 1.29 bits per heavy atom. The highest BCUT2D eigenvalue weighted by Gasteiger charge is 2.24. The van der Waals surface area contributed by atoms with Crippen molar-refractivity contribution in [3.63, 3.8) is 0 Å². The van der Waals surface area contributed by atoms with Crippen molar-refractivity contribution in [1.29, 1.82) is 0 Å². The number of nitrogens with zero attached hydrogens (tertiary/aromatic N) is 1. The minimum absolute atomic E-state index is 0.710. The van der Waals surface area contributed by atoms with E-state index in [-0.39, 0.29) is 0 Å². The minimum atomic E-state index is 0.710. The molecule has 1 aliphatic heterocycles. The highest BCUT2D eigenvalue weighted by Crippen LogP contribution is 2.30. The molecule has 2 nitrogen and oxygen atoms in total. The SMILES string of the molecule is CNCc1cc(CN2CCC(c3ccccc3)C2)c(C)s1. The molecule has 1 atom stereocenters. The third kappa shape index (κ3) is 3.54. The smallest absolute Gasteiger partial charge is 0.0296 e. The van der Waals surface area contributed by atoms with Crippen LogP contribution in [0.5, 0.6) is 0 Å². The standard InChI is InChI=1S/C18H24N2S/c1-14-17(10-18(21-14)11-19-2)13-20-9-8-16(12-20)15-6-4-3-5-7-15/h3-7,10,16,19H,8-9,11-13H2,1-2H3. The van der Waals surface area contributed by atoms with Gasteiger partial charge >= 0.3 is 0 Å². The van der Waals surface area contributed by atoms with Crippen molar-refractivity contribution in [2.45, 2.75) is 32.4 Å². The Balaban J connectivity index is 1.62. The van der Waals surface area contributed by atoms with Crippen LogP contribution in [0.3, 0.4) is 0 Å². The van der Waals surface area contributed by atoms with E-state index in [9.17, 15) is 0 Å². The summed E-state index contributed by atoms with van der Waals surface area (Å²) in [5.74, 6) is 0.710. The van der Waals surface area contributed by atoms with Gasteiger partial charge in [-0.1, -0.05) is 30.3 Å². The van der Waals surface area contributed by atoms with Gasteiger partial charge in [-0.2, -0.15) is 0 Å². The number of hydrogen-bond acceptors (Lipinski definition) is 3. The maximum absolute atomic E-state index is 3.24. The van der Waals surface area contributed by atoms with E-state index in [4.69, 9.17) is 0 Å². The predicted octanol–water partition coefficient (Wildman–Crippen LogP) is 3.77. The summed E-state index contributed by atoms with van der Waals surface area (Å²) in [6.45, 7) is 6.76. The Morgan fingerprint density at radius 3 is 2.86 bits per heavy atom. The fourth-order valence-electron chi connectivity index (χ4n) is 3.22. The molecule has 21 heavy (non-hydrogen) atoms. The number of benzene rings is 1. The van der Waals surface area contributed by atoms with E-state index in [1.807, 2.05) is 18.4 Å². The van der Waals surface area contributed by atoms with Crippen molar-refractivity contribution in [2.75, 3.05) is 20.1 Å². The van der Waals surface area contributed by atoms with Crippen LogP contribution in [-0.4, -0.2) is 25.0 Å². The Bertz CT molecular complexity index is 576. The van der Waals surface area contributed by atoms with E-state index >= 15 is 0 Å². The van der Waals surface area contributed by atoms with E-state index in [1.165, 1.54) is 40.4 Å². The van der Waals surface area contributed by atoms with Crippen LogP contribution in [0.1, 0.15) is 33.2 Å². The van der Waals surface area contributed by atoms with Gasteiger partial charge in [0.05, 0.1) is 0 Å². The van der Waals surface area contributed by atoms with Crippen LogP contribution < -0.4 is 5.32 Å². The number of hydrogen-bond donors (Lipinski definition) is 1. The molecule has 1 fully saturated rings. The predicted molar refractivity (Wildman–Crippen MR) is 90.9 cm³/mol. The van der Waals surface area contributed by atoms with Gasteiger partial charge in [-0.05, 0) is 50.0 Å². The molecular weight excluding hydrogens is 276 g/mol. The molecule has 1 aromatic heterocycles.